The van der Waals surface area contributed by atoms with Crippen molar-refractivity contribution >= 4 is 6.47 Å². The lowest BCUT2D eigenvalue weighted by molar-refractivity contribution is -0.232. The molecule has 5 fully saturated rings. The summed E-state index contributed by atoms with van der Waals surface area (Å²) >= 11 is 0. The van der Waals surface area contributed by atoms with Crippen molar-refractivity contribution in [2.24, 2.45) is 50.7 Å². The predicted molar refractivity (Wildman–Crippen MR) is 148 cm³/mol. The predicted octanol–water partition coefficient (Wildman–Crippen LogP) is 8.98. The number of aliphatic hydroxyl groups is 1. The van der Waals surface area contributed by atoms with E-state index in [1.165, 1.54) is 64.2 Å². The Kier molecular flexibility index (Phi) is 10.0. The van der Waals surface area contributed by atoms with Crippen LogP contribution in [0.15, 0.2) is 0 Å². The number of fused-ring (bicyclic) bond motifs is 7. The van der Waals surface area contributed by atoms with Gasteiger partial charge in [0.25, 0.3) is 6.47 Å². The summed E-state index contributed by atoms with van der Waals surface area (Å²) in [5, 5.41) is 13.9. The van der Waals surface area contributed by atoms with Crippen molar-refractivity contribution in [2.45, 2.75) is 139 Å². The summed E-state index contributed by atoms with van der Waals surface area (Å²) in [6.45, 7) is 20.2. The normalized spacial score (nSPS) is 46.8. The number of carbonyl (C=O) groups is 1. The Morgan fingerprint density at radius 2 is 1.29 bits per heavy atom. The summed E-state index contributed by atoms with van der Waals surface area (Å²) < 4.78 is 0. The molecule has 0 bridgehead atoms. The Morgan fingerprint density at radius 1 is 0.686 bits per heavy atom. The molecule has 0 aromatic rings. The van der Waals surface area contributed by atoms with Crippen LogP contribution in [0.5, 0.6) is 0 Å². The summed E-state index contributed by atoms with van der Waals surface area (Å²) in [4.78, 5) is 8.36. The molecule has 7 unspecified atom stereocenters. The van der Waals surface area contributed by atoms with Crippen molar-refractivity contribution in [3.05, 3.63) is 0 Å². The second-order valence-corrected chi connectivity index (χ2v) is 14.5. The molecule has 206 valence electrons. The van der Waals surface area contributed by atoms with Gasteiger partial charge >= 0.3 is 0 Å². The first-order chi connectivity index (χ1) is 16.4. The van der Waals surface area contributed by atoms with Crippen molar-refractivity contribution in [2.75, 3.05) is 7.11 Å². The topological polar surface area (TPSA) is 57.5 Å². The minimum Gasteiger partial charge on any atom is -0.483 e. The lowest BCUT2D eigenvalue weighted by Gasteiger charge is -2.72. The van der Waals surface area contributed by atoms with Crippen molar-refractivity contribution in [1.29, 1.82) is 0 Å². The minimum atomic E-state index is -0.250. The molecule has 5 aliphatic rings. The fraction of sp³-hybridized carbons (Fsp3) is 0.969. The van der Waals surface area contributed by atoms with Crippen molar-refractivity contribution < 1.29 is 15.0 Å². The molecule has 0 aromatic carbocycles. The Balaban J connectivity index is 0.000000484. The zero-order valence-electron chi connectivity index (χ0n) is 24.9. The van der Waals surface area contributed by atoms with E-state index in [-0.39, 0.29) is 6.47 Å². The van der Waals surface area contributed by atoms with Gasteiger partial charge in [-0.1, -0.05) is 74.7 Å². The molecule has 0 heterocycles. The Hall–Kier alpha value is -0.570. The third kappa shape index (κ3) is 4.98. The highest BCUT2D eigenvalue weighted by molar-refractivity contribution is 5.32. The number of aliphatic hydroxyl groups excluding tert-OH is 1. The van der Waals surface area contributed by atoms with Gasteiger partial charge in [-0.05, 0) is 115 Å². The first-order valence-corrected chi connectivity index (χ1v) is 14.9. The van der Waals surface area contributed by atoms with Gasteiger partial charge in [0.05, 0.1) is 0 Å². The highest BCUT2D eigenvalue weighted by atomic mass is 16.3. The van der Waals surface area contributed by atoms with Gasteiger partial charge in [0.2, 0.25) is 0 Å². The van der Waals surface area contributed by atoms with E-state index in [0.717, 1.165) is 30.8 Å². The van der Waals surface area contributed by atoms with Crippen molar-refractivity contribution in [3.63, 3.8) is 0 Å². The van der Waals surface area contributed by atoms with E-state index in [9.17, 15) is 0 Å². The second kappa shape index (κ2) is 11.4. The summed E-state index contributed by atoms with van der Waals surface area (Å²) in [6.07, 6.45) is 19.5. The van der Waals surface area contributed by atoms with E-state index >= 15 is 0 Å². The first-order valence-electron chi connectivity index (χ1n) is 14.9. The molecule has 2 N–H and O–H groups in total. The summed E-state index contributed by atoms with van der Waals surface area (Å²) in [5.74, 6) is 4.02. The van der Waals surface area contributed by atoms with E-state index in [1.54, 1.807) is 19.3 Å². The number of hydrogen-bond donors (Lipinski definition) is 2. The summed E-state index contributed by atoms with van der Waals surface area (Å²) in [6, 6.07) is 0. The first kappa shape index (κ1) is 30.7. The van der Waals surface area contributed by atoms with E-state index in [2.05, 4.69) is 55.4 Å². The number of hydrogen-bond acceptors (Lipinski definition) is 2. The second-order valence-electron chi connectivity index (χ2n) is 14.5. The lowest BCUT2D eigenvalue weighted by atomic mass is 9.33. The fourth-order valence-electron chi connectivity index (χ4n) is 11.0. The van der Waals surface area contributed by atoms with Crippen LogP contribution in [0, 0.1) is 50.7 Å². The Labute approximate surface area is 218 Å². The molecule has 5 aliphatic carbocycles. The van der Waals surface area contributed by atoms with E-state index in [4.69, 9.17) is 15.0 Å². The third-order valence-corrected chi connectivity index (χ3v) is 12.5. The fourth-order valence-corrected chi connectivity index (χ4v) is 11.0. The maximum absolute atomic E-state index is 8.36. The molecule has 0 saturated heterocycles. The molecule has 0 aliphatic heterocycles. The van der Waals surface area contributed by atoms with Crippen LogP contribution in [0.1, 0.15) is 139 Å². The van der Waals surface area contributed by atoms with Crippen LogP contribution in [-0.2, 0) is 4.79 Å². The van der Waals surface area contributed by atoms with E-state index in [1.807, 2.05) is 0 Å². The average molecular weight is 493 g/mol. The number of carboxylic acid groups (broad SMARTS) is 1. The van der Waals surface area contributed by atoms with Gasteiger partial charge in [-0.2, -0.15) is 0 Å². The third-order valence-electron chi connectivity index (χ3n) is 12.5. The van der Waals surface area contributed by atoms with Crippen LogP contribution in [0.2, 0.25) is 0 Å². The molecule has 5 rings (SSSR count). The SMILES string of the molecule is CC1(C)CCCC2(C)C1CCC1(C)C2CCC2C3CCCC3(C)CC[C@]21C.CCC.CO.O=CO. The summed E-state index contributed by atoms with van der Waals surface area (Å²) in [7, 11) is 1.00. The smallest absolute Gasteiger partial charge is 0.290 e. The highest BCUT2D eigenvalue weighted by Gasteiger charge is 2.68. The van der Waals surface area contributed by atoms with Crippen LogP contribution in [0.3, 0.4) is 0 Å². The maximum Gasteiger partial charge on any atom is 0.290 e. The highest BCUT2D eigenvalue weighted by Crippen LogP contribution is 2.76. The lowest BCUT2D eigenvalue weighted by Crippen LogP contribution is -2.64. The maximum atomic E-state index is 8.36. The van der Waals surface area contributed by atoms with Gasteiger partial charge in [-0.15, -0.1) is 0 Å². The molecule has 8 atom stereocenters. The molecule has 35 heavy (non-hydrogen) atoms. The molecule has 0 spiro atoms. The van der Waals surface area contributed by atoms with Crippen LogP contribution in [0.25, 0.3) is 0 Å². The van der Waals surface area contributed by atoms with Gasteiger partial charge in [0, 0.05) is 7.11 Å². The van der Waals surface area contributed by atoms with Gasteiger partial charge in [-0.3, -0.25) is 4.79 Å². The monoisotopic (exact) mass is 492 g/mol. The zero-order valence-corrected chi connectivity index (χ0v) is 24.9. The average Bonchev–Trinajstić information content (AvgIpc) is 3.18. The quantitative estimate of drug-likeness (QED) is 0.332. The Morgan fingerprint density at radius 3 is 1.89 bits per heavy atom. The molecular formula is C32H60O3. The van der Waals surface area contributed by atoms with Crippen LogP contribution in [0.4, 0.5) is 0 Å². The molecule has 3 heteroatoms. The number of rotatable bonds is 0. The van der Waals surface area contributed by atoms with Crippen molar-refractivity contribution in [3.8, 4) is 0 Å². The van der Waals surface area contributed by atoms with Gasteiger partial charge < -0.3 is 10.2 Å². The van der Waals surface area contributed by atoms with Gasteiger partial charge in [0.15, 0.2) is 0 Å². The molecule has 0 amide bonds. The summed E-state index contributed by atoms with van der Waals surface area (Å²) in [5.41, 5.74) is 3.08. The molecule has 3 nitrogen and oxygen atoms in total. The van der Waals surface area contributed by atoms with E-state index in [0.29, 0.717) is 27.1 Å². The van der Waals surface area contributed by atoms with Crippen LogP contribution in [-0.4, -0.2) is 23.8 Å². The molecular weight excluding hydrogens is 432 g/mol. The minimum absolute atomic E-state index is 0.250. The largest absolute Gasteiger partial charge is 0.483 e. The van der Waals surface area contributed by atoms with Crippen molar-refractivity contribution in [1.82, 2.24) is 0 Å². The van der Waals surface area contributed by atoms with E-state index < -0.39 is 0 Å². The Bertz CT molecular complexity index is 688. The van der Waals surface area contributed by atoms with Gasteiger partial charge in [0.1, 0.15) is 0 Å². The molecule has 0 radical (unpaired) electrons. The molecule has 0 aromatic heterocycles. The van der Waals surface area contributed by atoms with Crippen LogP contribution >= 0.6 is 0 Å². The van der Waals surface area contributed by atoms with Gasteiger partial charge in [-0.25, -0.2) is 0 Å². The zero-order chi connectivity index (χ0) is 26.7. The standard InChI is InChI=1S/C27H46.C3H8.CH2O2.CH4O/c1-23(2)13-8-15-25(4)21(23)12-16-27(6)22(25)11-10-20-19-9-7-14-24(19,3)17-18-26(20,27)5;1-3-2;2-1-3;1-2/h19-22H,7-18H2,1-6H3;3H2,1-2H3;1H,(H,2,3);2H,1H3/t19?,20?,21?,22?,24?,25?,26-,27?;;;/m1.../s1. The van der Waals surface area contributed by atoms with Crippen LogP contribution < -0.4 is 0 Å². The molecule has 5 saturated carbocycles.